The van der Waals surface area contributed by atoms with Gasteiger partial charge in [0, 0.05) is 11.4 Å². The number of nitrogens with one attached hydrogen (secondary N) is 2. The van der Waals surface area contributed by atoms with Crippen molar-refractivity contribution in [3.05, 3.63) is 26.0 Å². The SMILES string of the molecule is CC(=N)/C(Br)=C(/C)Nc1nnc(N=Nc2nnc(-n3nc(C)c(Br)c3C)nn2)nn1. The van der Waals surface area contributed by atoms with Crippen LogP contribution in [-0.4, -0.2) is 56.3 Å². The van der Waals surface area contributed by atoms with Gasteiger partial charge in [0.15, 0.2) is 0 Å². The van der Waals surface area contributed by atoms with E-state index in [1.807, 2.05) is 13.8 Å². The summed E-state index contributed by atoms with van der Waals surface area (Å²) in [7, 11) is 0. The minimum Gasteiger partial charge on any atom is -0.324 e. The largest absolute Gasteiger partial charge is 0.324 e. The monoisotopic (exact) mass is 536 g/mol. The minimum absolute atomic E-state index is 0.0886. The highest BCUT2D eigenvalue weighted by molar-refractivity contribution is 9.12. The first-order valence-electron chi connectivity index (χ1n) is 8.23. The van der Waals surface area contributed by atoms with Crippen LogP contribution in [0, 0.1) is 19.3 Å². The average molecular weight is 538 g/mol. The van der Waals surface area contributed by atoms with E-state index in [0.717, 1.165) is 15.9 Å². The van der Waals surface area contributed by atoms with Gasteiger partial charge in [-0.3, -0.25) is 0 Å². The van der Waals surface area contributed by atoms with Gasteiger partial charge >= 0.3 is 11.9 Å². The van der Waals surface area contributed by atoms with Gasteiger partial charge in [-0.05, 0) is 59.6 Å². The fourth-order valence-electron chi connectivity index (χ4n) is 2.07. The Hall–Kier alpha value is -3.14. The Morgan fingerprint density at radius 1 is 0.933 bits per heavy atom. The van der Waals surface area contributed by atoms with Crippen molar-refractivity contribution in [1.82, 2.24) is 50.6 Å². The van der Waals surface area contributed by atoms with Crippen molar-refractivity contribution in [2.24, 2.45) is 10.2 Å². The van der Waals surface area contributed by atoms with Crippen molar-refractivity contribution < 1.29 is 0 Å². The molecular formula is C14H14Br2N14. The fourth-order valence-corrected chi connectivity index (χ4v) is 2.42. The molecule has 30 heavy (non-hydrogen) atoms. The molecule has 0 aliphatic heterocycles. The summed E-state index contributed by atoms with van der Waals surface area (Å²) in [5.74, 6) is 0.156. The highest BCUT2D eigenvalue weighted by Crippen LogP contribution is 2.21. The Kier molecular flexibility index (Phi) is 6.56. The lowest BCUT2D eigenvalue weighted by atomic mass is 10.3. The highest BCUT2D eigenvalue weighted by atomic mass is 79.9. The Labute approximate surface area is 186 Å². The molecular weight excluding hydrogens is 524 g/mol. The molecule has 0 bridgehead atoms. The number of hydrogen-bond donors (Lipinski definition) is 2. The van der Waals surface area contributed by atoms with Crippen molar-refractivity contribution >= 4 is 55.4 Å². The summed E-state index contributed by atoms with van der Waals surface area (Å²) in [6.07, 6.45) is 0. The molecule has 0 aromatic carbocycles. The van der Waals surface area contributed by atoms with Crippen molar-refractivity contribution in [1.29, 1.82) is 5.41 Å². The number of aryl methyl sites for hydroxylation is 1. The Balaban J connectivity index is 1.69. The van der Waals surface area contributed by atoms with Gasteiger partial charge in [0.1, 0.15) is 0 Å². The molecule has 0 aliphatic rings. The zero-order valence-corrected chi connectivity index (χ0v) is 19.3. The summed E-state index contributed by atoms with van der Waals surface area (Å²) in [6.45, 7) is 7.11. The predicted molar refractivity (Wildman–Crippen MR) is 112 cm³/mol. The summed E-state index contributed by atoms with van der Waals surface area (Å²) in [5, 5.41) is 53.1. The molecule has 3 aromatic heterocycles. The summed E-state index contributed by atoms with van der Waals surface area (Å²) in [4.78, 5) is 0. The van der Waals surface area contributed by atoms with Gasteiger partial charge in [-0.15, -0.1) is 51.0 Å². The van der Waals surface area contributed by atoms with E-state index in [1.54, 1.807) is 13.8 Å². The zero-order chi connectivity index (χ0) is 21.8. The second kappa shape index (κ2) is 9.12. The van der Waals surface area contributed by atoms with E-state index in [-0.39, 0.29) is 23.8 Å². The molecule has 0 amide bonds. The lowest BCUT2D eigenvalue weighted by molar-refractivity contribution is 0.706. The fraction of sp³-hybridized carbons (Fsp3) is 0.286. The highest BCUT2D eigenvalue weighted by Gasteiger charge is 2.13. The molecule has 0 spiro atoms. The first-order valence-corrected chi connectivity index (χ1v) is 9.82. The van der Waals surface area contributed by atoms with Crippen LogP contribution in [0.3, 0.4) is 0 Å². The third-order valence-corrected chi connectivity index (χ3v) is 5.84. The van der Waals surface area contributed by atoms with Crippen molar-refractivity contribution in [2.75, 3.05) is 5.32 Å². The van der Waals surface area contributed by atoms with E-state index >= 15 is 0 Å². The third kappa shape index (κ3) is 4.88. The van der Waals surface area contributed by atoms with Gasteiger partial charge in [-0.1, -0.05) is 0 Å². The van der Waals surface area contributed by atoms with Gasteiger partial charge in [0.05, 0.1) is 20.3 Å². The second-order valence-electron chi connectivity index (χ2n) is 5.81. The Morgan fingerprint density at radius 3 is 1.93 bits per heavy atom. The van der Waals surface area contributed by atoms with E-state index in [1.165, 1.54) is 4.68 Å². The van der Waals surface area contributed by atoms with E-state index in [4.69, 9.17) is 5.41 Å². The van der Waals surface area contributed by atoms with Crippen LogP contribution in [0.2, 0.25) is 0 Å². The van der Waals surface area contributed by atoms with Gasteiger partial charge in [0.2, 0.25) is 0 Å². The summed E-state index contributed by atoms with van der Waals surface area (Å²) < 4.78 is 2.96. The van der Waals surface area contributed by atoms with Crippen molar-refractivity contribution in [2.45, 2.75) is 27.7 Å². The molecule has 3 aromatic rings. The van der Waals surface area contributed by atoms with Crippen molar-refractivity contribution in [3.8, 4) is 5.95 Å². The second-order valence-corrected chi connectivity index (χ2v) is 7.40. The number of rotatable bonds is 6. The number of halogens is 2. The van der Waals surface area contributed by atoms with Gasteiger partial charge in [-0.2, -0.15) is 9.78 Å². The molecule has 16 heteroatoms. The van der Waals surface area contributed by atoms with Crippen LogP contribution in [0.1, 0.15) is 25.2 Å². The first kappa shape index (κ1) is 21.6. The molecule has 3 heterocycles. The number of anilines is 1. The maximum absolute atomic E-state index is 7.58. The van der Waals surface area contributed by atoms with E-state index in [2.05, 4.69) is 93.3 Å². The minimum atomic E-state index is -0.0976. The number of hydrogen-bond acceptors (Lipinski definition) is 13. The smallest absolute Gasteiger partial charge is 0.306 e. The molecule has 0 saturated heterocycles. The number of nitrogens with zero attached hydrogens (tertiary/aromatic N) is 12. The summed E-state index contributed by atoms with van der Waals surface area (Å²) >= 11 is 6.72. The van der Waals surface area contributed by atoms with Gasteiger partial charge < -0.3 is 10.7 Å². The molecule has 3 rings (SSSR count). The molecule has 0 fully saturated rings. The number of allylic oxidation sites excluding steroid dienone is 2. The maximum Gasteiger partial charge on any atom is 0.306 e. The summed E-state index contributed by atoms with van der Waals surface area (Å²) in [5.41, 5.74) is 2.60. The summed E-state index contributed by atoms with van der Waals surface area (Å²) in [6, 6.07) is 0. The molecule has 14 nitrogen and oxygen atoms in total. The molecule has 0 atom stereocenters. The Bertz CT molecular complexity index is 1130. The van der Waals surface area contributed by atoms with Crippen LogP contribution < -0.4 is 5.32 Å². The van der Waals surface area contributed by atoms with Gasteiger partial charge in [-0.25, -0.2) is 0 Å². The van der Waals surface area contributed by atoms with E-state index in [9.17, 15) is 0 Å². The van der Waals surface area contributed by atoms with E-state index in [0.29, 0.717) is 15.9 Å². The lowest BCUT2D eigenvalue weighted by Crippen LogP contribution is -2.07. The van der Waals surface area contributed by atoms with E-state index < -0.39 is 0 Å². The zero-order valence-electron chi connectivity index (χ0n) is 16.1. The Morgan fingerprint density at radius 2 is 1.47 bits per heavy atom. The number of azo groups is 1. The molecule has 0 unspecified atom stereocenters. The maximum atomic E-state index is 7.58. The van der Waals surface area contributed by atoms with Crippen LogP contribution in [-0.2, 0) is 0 Å². The molecule has 0 saturated carbocycles. The van der Waals surface area contributed by atoms with Crippen molar-refractivity contribution in [3.63, 3.8) is 0 Å². The normalized spacial score (nSPS) is 12.2. The standard InChI is InChI=1S/C14H14Br2N14/c1-5(17)9(15)6(2)18-11-19-21-12(22-20-11)23-24-13-25-27-14(28-26-13)30-8(4)10(16)7(3)29-30/h17H,1-4H3,(H,18,19,20)/b9-6+,17-5?,24-23?. The molecule has 2 N–H and O–H groups in total. The first-order chi connectivity index (χ1) is 14.3. The molecule has 0 aliphatic carbocycles. The number of aromatic nitrogens is 10. The van der Waals surface area contributed by atoms with Crippen LogP contribution in [0.5, 0.6) is 0 Å². The topological polar surface area (TPSA) is 182 Å². The lowest BCUT2D eigenvalue weighted by Gasteiger charge is -2.05. The van der Waals surface area contributed by atoms with Gasteiger partial charge in [0.25, 0.3) is 11.9 Å². The predicted octanol–water partition coefficient (Wildman–Crippen LogP) is 2.91. The van der Waals surface area contributed by atoms with Crippen LogP contribution >= 0.6 is 31.9 Å². The average Bonchev–Trinajstić information content (AvgIpc) is 3.00. The molecule has 154 valence electrons. The van der Waals surface area contributed by atoms with Crippen LogP contribution in [0.25, 0.3) is 5.95 Å². The van der Waals surface area contributed by atoms with Crippen LogP contribution in [0.15, 0.2) is 24.9 Å². The molecule has 0 radical (unpaired) electrons. The third-order valence-electron chi connectivity index (χ3n) is 3.51. The quantitative estimate of drug-likeness (QED) is 0.350. The van der Waals surface area contributed by atoms with Crippen LogP contribution in [0.4, 0.5) is 17.8 Å².